The number of amides is 2. The van der Waals surface area contributed by atoms with Gasteiger partial charge in [0.25, 0.3) is 0 Å². The number of benzene rings is 1. The number of hydrogen-bond acceptors (Lipinski definition) is 2. The van der Waals surface area contributed by atoms with E-state index in [9.17, 15) is 18.0 Å². The fourth-order valence-corrected chi connectivity index (χ4v) is 3.58. The Bertz CT molecular complexity index is 816. The maximum Gasteiger partial charge on any atom is 0.391 e. The second-order valence-electron chi connectivity index (χ2n) is 7.09. The van der Waals surface area contributed by atoms with Gasteiger partial charge < -0.3 is 10.6 Å². The Morgan fingerprint density at radius 2 is 2.00 bits per heavy atom. The third-order valence-electron chi connectivity index (χ3n) is 4.83. The molecule has 5 nitrogen and oxygen atoms in total. The second kappa shape index (κ2) is 7.62. The number of alkyl halides is 3. The summed E-state index contributed by atoms with van der Waals surface area (Å²) in [5.74, 6) is -1.34. The number of nitrogens with one attached hydrogen (secondary N) is 2. The third kappa shape index (κ3) is 4.81. The number of rotatable bonds is 3. The average molecular weight is 380 g/mol. The molecule has 146 valence electrons. The highest BCUT2D eigenvalue weighted by molar-refractivity contribution is 5.89. The predicted octanol–water partition coefficient (Wildman–Crippen LogP) is 4.73. The van der Waals surface area contributed by atoms with Crippen molar-refractivity contribution in [2.75, 3.05) is 5.32 Å². The van der Waals surface area contributed by atoms with Crippen molar-refractivity contribution in [1.29, 1.82) is 0 Å². The van der Waals surface area contributed by atoms with Gasteiger partial charge in [-0.2, -0.15) is 18.3 Å². The van der Waals surface area contributed by atoms with Crippen LogP contribution >= 0.6 is 0 Å². The first kappa shape index (κ1) is 19.3. The van der Waals surface area contributed by atoms with Crippen LogP contribution in [0.5, 0.6) is 0 Å². The predicted molar refractivity (Wildman–Crippen MR) is 97.0 cm³/mol. The molecule has 0 saturated heterocycles. The lowest BCUT2D eigenvalue weighted by molar-refractivity contribution is -0.183. The molecule has 1 saturated carbocycles. The molecule has 0 aliphatic heterocycles. The van der Waals surface area contributed by atoms with E-state index in [0.717, 1.165) is 17.1 Å². The summed E-state index contributed by atoms with van der Waals surface area (Å²) >= 11 is 0. The number of aryl methyl sites for hydroxylation is 2. The summed E-state index contributed by atoms with van der Waals surface area (Å²) in [4.78, 5) is 12.2. The van der Waals surface area contributed by atoms with Crippen molar-refractivity contribution in [1.82, 2.24) is 15.1 Å². The molecule has 0 spiro atoms. The van der Waals surface area contributed by atoms with Gasteiger partial charge in [0, 0.05) is 17.4 Å². The second-order valence-corrected chi connectivity index (χ2v) is 7.09. The molecule has 1 aromatic heterocycles. The van der Waals surface area contributed by atoms with Crippen LogP contribution in [0.2, 0.25) is 0 Å². The number of anilines is 1. The van der Waals surface area contributed by atoms with E-state index in [-0.39, 0.29) is 12.8 Å². The zero-order valence-electron chi connectivity index (χ0n) is 15.3. The normalized spacial score (nSPS) is 20.3. The Hall–Kier alpha value is -2.51. The van der Waals surface area contributed by atoms with E-state index in [2.05, 4.69) is 15.7 Å². The van der Waals surface area contributed by atoms with Crippen LogP contribution < -0.4 is 10.6 Å². The standard InChI is InChI=1S/C19H23F3N4O/c1-12-9-13(2)26(25-12)17-8-4-7-16(11-17)24-18(27)23-15-6-3-5-14(10-15)19(20,21)22/h4,7-9,11,14-15H,3,5-6,10H2,1-2H3,(H2,23,24,27). The molecule has 27 heavy (non-hydrogen) atoms. The Labute approximate surface area is 155 Å². The van der Waals surface area contributed by atoms with Gasteiger partial charge in [-0.05, 0) is 57.4 Å². The quantitative estimate of drug-likeness (QED) is 0.809. The first-order valence-corrected chi connectivity index (χ1v) is 9.00. The molecule has 2 unspecified atom stereocenters. The summed E-state index contributed by atoms with van der Waals surface area (Å²) in [6, 6.07) is 8.16. The molecule has 3 rings (SSSR count). The first-order chi connectivity index (χ1) is 12.7. The highest BCUT2D eigenvalue weighted by Crippen LogP contribution is 2.37. The van der Waals surface area contributed by atoms with Gasteiger partial charge in [0.1, 0.15) is 0 Å². The smallest absolute Gasteiger partial charge is 0.335 e. The minimum Gasteiger partial charge on any atom is -0.335 e. The van der Waals surface area contributed by atoms with Crippen LogP contribution in [0.25, 0.3) is 5.69 Å². The van der Waals surface area contributed by atoms with E-state index < -0.39 is 24.2 Å². The minimum atomic E-state index is -4.20. The van der Waals surface area contributed by atoms with Crippen molar-refractivity contribution >= 4 is 11.7 Å². The topological polar surface area (TPSA) is 59.0 Å². The molecule has 8 heteroatoms. The van der Waals surface area contributed by atoms with Gasteiger partial charge in [-0.25, -0.2) is 9.48 Å². The van der Waals surface area contributed by atoms with Crippen LogP contribution in [-0.4, -0.2) is 28.0 Å². The van der Waals surface area contributed by atoms with Gasteiger partial charge in [-0.3, -0.25) is 0 Å². The summed E-state index contributed by atoms with van der Waals surface area (Å²) in [6.45, 7) is 3.84. The van der Waals surface area contributed by atoms with Crippen LogP contribution in [-0.2, 0) is 0 Å². The first-order valence-electron chi connectivity index (χ1n) is 9.00. The summed E-state index contributed by atoms with van der Waals surface area (Å²) in [5, 5.41) is 9.79. The van der Waals surface area contributed by atoms with Gasteiger partial charge in [0.05, 0.1) is 17.3 Å². The summed E-state index contributed by atoms with van der Waals surface area (Å²) in [6.07, 6.45) is -3.12. The van der Waals surface area contributed by atoms with Gasteiger partial charge in [-0.15, -0.1) is 0 Å². The molecule has 1 heterocycles. The number of halogens is 3. The number of carbonyl (C=O) groups excluding carboxylic acids is 1. The highest BCUT2D eigenvalue weighted by atomic mass is 19.4. The van der Waals surface area contributed by atoms with E-state index in [1.807, 2.05) is 26.0 Å². The molecule has 0 radical (unpaired) electrons. The van der Waals surface area contributed by atoms with Crippen molar-refractivity contribution in [3.05, 3.63) is 41.7 Å². The van der Waals surface area contributed by atoms with Gasteiger partial charge in [-0.1, -0.05) is 12.5 Å². The van der Waals surface area contributed by atoms with Crippen molar-refractivity contribution in [2.45, 2.75) is 51.7 Å². The molecule has 2 N–H and O–H groups in total. The Morgan fingerprint density at radius 3 is 2.67 bits per heavy atom. The zero-order valence-corrected chi connectivity index (χ0v) is 15.3. The number of carbonyl (C=O) groups is 1. The maximum atomic E-state index is 12.9. The fraction of sp³-hybridized carbons (Fsp3) is 0.474. The Balaban J connectivity index is 1.63. The Morgan fingerprint density at radius 1 is 1.22 bits per heavy atom. The molecular weight excluding hydrogens is 357 g/mol. The zero-order chi connectivity index (χ0) is 19.6. The molecule has 2 aromatic rings. The maximum absolute atomic E-state index is 12.9. The molecule has 1 aliphatic rings. The van der Waals surface area contributed by atoms with Gasteiger partial charge >= 0.3 is 12.2 Å². The lowest BCUT2D eigenvalue weighted by atomic mass is 9.85. The van der Waals surface area contributed by atoms with Gasteiger partial charge in [0.15, 0.2) is 0 Å². The number of hydrogen-bond donors (Lipinski definition) is 2. The minimum absolute atomic E-state index is 0.0667. The molecule has 0 bridgehead atoms. The monoisotopic (exact) mass is 380 g/mol. The van der Waals surface area contributed by atoms with E-state index in [1.54, 1.807) is 22.9 Å². The van der Waals surface area contributed by atoms with E-state index in [0.29, 0.717) is 18.5 Å². The lowest BCUT2D eigenvalue weighted by Crippen LogP contribution is -2.43. The molecule has 1 aliphatic carbocycles. The third-order valence-corrected chi connectivity index (χ3v) is 4.83. The van der Waals surface area contributed by atoms with Crippen LogP contribution in [0, 0.1) is 19.8 Å². The SMILES string of the molecule is Cc1cc(C)n(-c2cccc(NC(=O)NC3CCCC(C(F)(F)F)C3)c2)n1. The van der Waals surface area contributed by atoms with E-state index in [4.69, 9.17) is 0 Å². The van der Waals surface area contributed by atoms with Crippen LogP contribution in [0.1, 0.15) is 37.1 Å². The van der Waals surface area contributed by atoms with Crippen LogP contribution in [0.3, 0.4) is 0 Å². The molecule has 1 aromatic carbocycles. The largest absolute Gasteiger partial charge is 0.391 e. The summed E-state index contributed by atoms with van der Waals surface area (Å²) < 4.78 is 40.5. The van der Waals surface area contributed by atoms with Crippen LogP contribution in [0.15, 0.2) is 30.3 Å². The van der Waals surface area contributed by atoms with Crippen molar-refractivity contribution < 1.29 is 18.0 Å². The number of urea groups is 1. The van der Waals surface area contributed by atoms with Crippen LogP contribution in [0.4, 0.5) is 23.7 Å². The van der Waals surface area contributed by atoms with E-state index >= 15 is 0 Å². The van der Waals surface area contributed by atoms with Crippen molar-refractivity contribution in [3.63, 3.8) is 0 Å². The summed E-state index contributed by atoms with van der Waals surface area (Å²) in [5.41, 5.74) is 3.21. The molecule has 1 fully saturated rings. The average Bonchev–Trinajstić information content (AvgIpc) is 2.93. The molecular formula is C19H23F3N4O. The highest BCUT2D eigenvalue weighted by Gasteiger charge is 2.42. The summed E-state index contributed by atoms with van der Waals surface area (Å²) in [7, 11) is 0. The lowest BCUT2D eigenvalue weighted by Gasteiger charge is -2.31. The van der Waals surface area contributed by atoms with Crippen molar-refractivity contribution in [3.8, 4) is 5.69 Å². The number of aromatic nitrogens is 2. The molecule has 2 atom stereocenters. The number of nitrogens with zero attached hydrogens (tertiary/aromatic N) is 2. The van der Waals surface area contributed by atoms with E-state index in [1.165, 1.54) is 0 Å². The Kier molecular flexibility index (Phi) is 5.43. The fourth-order valence-electron chi connectivity index (χ4n) is 3.58. The van der Waals surface area contributed by atoms with Crippen molar-refractivity contribution in [2.24, 2.45) is 5.92 Å². The van der Waals surface area contributed by atoms with Gasteiger partial charge in [0.2, 0.25) is 0 Å². The molecule has 2 amide bonds.